The fraction of sp³-hybridized carbons (Fsp3) is 0.462. The first-order chi connectivity index (χ1) is 7.75. The first-order valence-electron chi connectivity index (χ1n) is 5.68. The summed E-state index contributed by atoms with van der Waals surface area (Å²) in [4.78, 5) is 12.0. The van der Waals surface area contributed by atoms with Crippen LogP contribution in [-0.4, -0.2) is 21.9 Å². The molecule has 2 rings (SSSR count). The summed E-state index contributed by atoms with van der Waals surface area (Å²) in [7, 11) is 0. The zero-order valence-electron chi connectivity index (χ0n) is 9.19. The summed E-state index contributed by atoms with van der Waals surface area (Å²) < 4.78 is 0. The van der Waals surface area contributed by atoms with Gasteiger partial charge >= 0.3 is 0 Å². The van der Waals surface area contributed by atoms with Crippen molar-refractivity contribution in [2.24, 2.45) is 0 Å². The van der Waals surface area contributed by atoms with Crippen molar-refractivity contribution in [1.29, 1.82) is 0 Å². The maximum Gasteiger partial charge on any atom is 0.150 e. The number of Topliss-reactive ketones (excluding diaryl/α,β-unsaturated/α-hetero) is 1. The number of phenols is 1. The average molecular weight is 236 g/mol. The molecule has 0 aliphatic carbocycles. The third-order valence-corrected chi connectivity index (χ3v) is 4.25. The number of thioether (sulfide) groups is 1. The monoisotopic (exact) mass is 236 g/mol. The van der Waals surface area contributed by atoms with E-state index in [0.717, 1.165) is 17.7 Å². The first kappa shape index (κ1) is 11.5. The van der Waals surface area contributed by atoms with Crippen LogP contribution in [0.2, 0.25) is 0 Å². The van der Waals surface area contributed by atoms with Gasteiger partial charge in [0.15, 0.2) is 0 Å². The molecule has 16 heavy (non-hydrogen) atoms. The van der Waals surface area contributed by atoms with Gasteiger partial charge in [-0.3, -0.25) is 4.79 Å². The third kappa shape index (κ3) is 3.01. The van der Waals surface area contributed by atoms with E-state index < -0.39 is 0 Å². The van der Waals surface area contributed by atoms with Crippen LogP contribution in [0.1, 0.15) is 24.8 Å². The van der Waals surface area contributed by atoms with Gasteiger partial charge in [0.2, 0.25) is 0 Å². The van der Waals surface area contributed by atoms with E-state index in [2.05, 4.69) is 0 Å². The van der Waals surface area contributed by atoms with Crippen LogP contribution in [0.4, 0.5) is 0 Å². The molecule has 1 fully saturated rings. The average Bonchev–Trinajstić information content (AvgIpc) is 2.30. The van der Waals surface area contributed by atoms with Gasteiger partial charge in [-0.1, -0.05) is 18.6 Å². The Morgan fingerprint density at radius 3 is 3.00 bits per heavy atom. The summed E-state index contributed by atoms with van der Waals surface area (Å²) >= 11 is 1.78. The minimum Gasteiger partial charge on any atom is -0.508 e. The Morgan fingerprint density at radius 1 is 1.44 bits per heavy atom. The molecule has 2 nitrogen and oxygen atoms in total. The summed E-state index contributed by atoms with van der Waals surface area (Å²) in [6, 6.07) is 6.98. The fourth-order valence-corrected chi connectivity index (χ4v) is 3.23. The first-order valence-corrected chi connectivity index (χ1v) is 6.73. The van der Waals surface area contributed by atoms with Gasteiger partial charge in [0, 0.05) is 6.42 Å². The zero-order chi connectivity index (χ0) is 11.4. The molecule has 1 unspecified atom stereocenters. The quantitative estimate of drug-likeness (QED) is 0.877. The Kier molecular flexibility index (Phi) is 3.88. The second-order valence-corrected chi connectivity index (χ2v) is 5.48. The summed E-state index contributed by atoms with van der Waals surface area (Å²) in [5, 5.41) is 9.50. The number of hydrogen-bond acceptors (Lipinski definition) is 3. The molecule has 0 bridgehead atoms. The number of carbonyl (C=O) groups is 1. The van der Waals surface area contributed by atoms with Crippen molar-refractivity contribution >= 4 is 17.5 Å². The van der Waals surface area contributed by atoms with Gasteiger partial charge in [-0.05, 0) is 36.3 Å². The lowest BCUT2D eigenvalue weighted by Gasteiger charge is -2.19. The Labute approximate surface area is 100 Å². The van der Waals surface area contributed by atoms with Gasteiger partial charge in [-0.2, -0.15) is 11.8 Å². The highest BCUT2D eigenvalue weighted by Crippen LogP contribution is 2.26. The van der Waals surface area contributed by atoms with Gasteiger partial charge in [0.25, 0.3) is 0 Å². The highest BCUT2D eigenvalue weighted by Gasteiger charge is 2.21. The van der Waals surface area contributed by atoms with Gasteiger partial charge < -0.3 is 5.11 Å². The van der Waals surface area contributed by atoms with E-state index in [1.807, 2.05) is 6.07 Å². The molecular formula is C13H16O2S. The molecule has 0 saturated carbocycles. The maximum atomic E-state index is 12.0. The van der Waals surface area contributed by atoms with Gasteiger partial charge in [-0.25, -0.2) is 0 Å². The number of ketones is 1. The predicted octanol–water partition coefficient (Wildman–Crippen LogP) is 2.79. The van der Waals surface area contributed by atoms with Gasteiger partial charge in [0.1, 0.15) is 11.5 Å². The van der Waals surface area contributed by atoms with Crippen molar-refractivity contribution in [3.05, 3.63) is 29.8 Å². The molecule has 0 amide bonds. The molecule has 1 saturated heterocycles. The van der Waals surface area contributed by atoms with E-state index in [4.69, 9.17) is 0 Å². The number of hydrogen-bond donors (Lipinski definition) is 1. The second kappa shape index (κ2) is 5.39. The SMILES string of the molecule is O=C(Cc1cccc(O)c1)C1CCCCS1. The van der Waals surface area contributed by atoms with Crippen LogP contribution < -0.4 is 0 Å². The van der Waals surface area contributed by atoms with Crippen molar-refractivity contribution in [3.63, 3.8) is 0 Å². The summed E-state index contributed by atoms with van der Waals surface area (Å²) in [6.07, 6.45) is 3.87. The van der Waals surface area contributed by atoms with Crippen LogP contribution >= 0.6 is 11.8 Å². The van der Waals surface area contributed by atoms with Crippen molar-refractivity contribution < 1.29 is 9.90 Å². The Bertz CT molecular complexity index is 370. The van der Waals surface area contributed by atoms with Crippen LogP contribution in [0.3, 0.4) is 0 Å². The minimum absolute atomic E-state index is 0.177. The van der Waals surface area contributed by atoms with Crippen LogP contribution in [0.15, 0.2) is 24.3 Å². The number of phenolic OH excluding ortho intramolecular Hbond substituents is 1. The molecule has 3 heteroatoms. The topological polar surface area (TPSA) is 37.3 Å². The van der Waals surface area contributed by atoms with Crippen molar-refractivity contribution in [3.8, 4) is 5.75 Å². The van der Waals surface area contributed by atoms with Crippen LogP contribution in [0, 0.1) is 0 Å². The number of aromatic hydroxyl groups is 1. The minimum atomic E-state index is 0.177. The largest absolute Gasteiger partial charge is 0.508 e. The zero-order valence-corrected chi connectivity index (χ0v) is 10.0. The standard InChI is InChI=1S/C13H16O2S/c14-11-5-3-4-10(8-11)9-12(15)13-6-1-2-7-16-13/h3-5,8,13-14H,1-2,6-7,9H2. The predicted molar refractivity (Wildman–Crippen MR) is 66.9 cm³/mol. The molecule has 1 N–H and O–H groups in total. The van der Waals surface area contributed by atoms with Crippen LogP contribution in [-0.2, 0) is 11.2 Å². The van der Waals surface area contributed by atoms with Crippen molar-refractivity contribution in [1.82, 2.24) is 0 Å². The fourth-order valence-electron chi connectivity index (χ4n) is 1.98. The smallest absolute Gasteiger partial charge is 0.150 e. The molecular weight excluding hydrogens is 220 g/mol. The number of benzene rings is 1. The molecule has 1 aliphatic heterocycles. The molecule has 1 aliphatic rings. The van der Waals surface area contributed by atoms with E-state index in [9.17, 15) is 9.90 Å². The molecule has 1 aromatic carbocycles. The molecule has 0 aromatic heterocycles. The molecule has 1 atom stereocenters. The van der Waals surface area contributed by atoms with E-state index >= 15 is 0 Å². The molecule has 1 heterocycles. The van der Waals surface area contributed by atoms with E-state index in [-0.39, 0.29) is 11.0 Å². The lowest BCUT2D eigenvalue weighted by atomic mass is 10.0. The lowest BCUT2D eigenvalue weighted by Crippen LogP contribution is -2.22. The number of carbonyl (C=O) groups excluding carboxylic acids is 1. The molecule has 0 spiro atoms. The molecule has 1 aromatic rings. The summed E-state index contributed by atoms with van der Waals surface area (Å²) in [5.41, 5.74) is 0.913. The lowest BCUT2D eigenvalue weighted by molar-refractivity contribution is -0.118. The van der Waals surface area contributed by atoms with Crippen molar-refractivity contribution in [2.45, 2.75) is 30.9 Å². The van der Waals surface area contributed by atoms with Gasteiger partial charge in [-0.15, -0.1) is 0 Å². The van der Waals surface area contributed by atoms with Crippen LogP contribution in [0.25, 0.3) is 0 Å². The summed E-state index contributed by atoms with van der Waals surface area (Å²) in [5.74, 6) is 1.65. The maximum absolute atomic E-state index is 12.0. The van der Waals surface area contributed by atoms with Crippen molar-refractivity contribution in [2.75, 3.05) is 5.75 Å². The highest BCUT2D eigenvalue weighted by atomic mass is 32.2. The van der Waals surface area contributed by atoms with E-state index in [1.165, 1.54) is 12.8 Å². The highest BCUT2D eigenvalue weighted by molar-refractivity contribution is 8.00. The van der Waals surface area contributed by atoms with E-state index in [1.54, 1.807) is 30.0 Å². The second-order valence-electron chi connectivity index (χ2n) is 4.17. The Balaban J connectivity index is 1.96. The Morgan fingerprint density at radius 2 is 2.31 bits per heavy atom. The molecule has 86 valence electrons. The van der Waals surface area contributed by atoms with Gasteiger partial charge in [0.05, 0.1) is 5.25 Å². The number of rotatable bonds is 3. The Hall–Kier alpha value is -0.960. The summed E-state index contributed by atoms with van der Waals surface area (Å²) in [6.45, 7) is 0. The molecule has 0 radical (unpaired) electrons. The van der Waals surface area contributed by atoms with E-state index in [0.29, 0.717) is 12.2 Å². The normalized spacial score (nSPS) is 20.6. The van der Waals surface area contributed by atoms with Crippen LogP contribution in [0.5, 0.6) is 5.75 Å². The third-order valence-electron chi connectivity index (χ3n) is 2.83.